The fourth-order valence-corrected chi connectivity index (χ4v) is 3.21. The molecule has 2 unspecified atom stereocenters. The molecular formula is C10H15N3O2S. The van der Waals surface area contributed by atoms with Crippen LogP contribution in [0.3, 0.4) is 0 Å². The van der Waals surface area contributed by atoms with Crippen LogP contribution in [0.15, 0.2) is 4.52 Å². The minimum absolute atomic E-state index is 0.0681. The van der Waals surface area contributed by atoms with Crippen molar-refractivity contribution in [1.29, 1.82) is 0 Å². The molecule has 88 valence electrons. The second-order valence-corrected chi connectivity index (χ2v) is 5.37. The van der Waals surface area contributed by atoms with E-state index in [9.17, 15) is 0 Å². The number of morpholine rings is 1. The molecule has 0 bridgehead atoms. The molecule has 5 nitrogen and oxygen atoms in total. The van der Waals surface area contributed by atoms with Crippen molar-refractivity contribution in [3.05, 3.63) is 11.7 Å². The molecule has 0 radical (unpaired) electrons. The van der Waals surface area contributed by atoms with E-state index in [-0.39, 0.29) is 6.10 Å². The van der Waals surface area contributed by atoms with Crippen molar-refractivity contribution in [1.82, 2.24) is 15.5 Å². The Labute approximate surface area is 98.3 Å². The van der Waals surface area contributed by atoms with E-state index in [1.807, 2.05) is 11.8 Å². The highest BCUT2D eigenvalue weighted by atomic mass is 32.2. The summed E-state index contributed by atoms with van der Waals surface area (Å²) in [6, 6.07) is 0. The first-order valence-corrected chi connectivity index (χ1v) is 6.76. The SMILES string of the molecule is C1CSC(c2noc(C3CNCCO3)n2)C1. The van der Waals surface area contributed by atoms with E-state index in [0.29, 0.717) is 17.7 Å². The van der Waals surface area contributed by atoms with Gasteiger partial charge in [-0.25, -0.2) is 0 Å². The average Bonchev–Trinajstić information content (AvgIpc) is 3.01. The van der Waals surface area contributed by atoms with Crippen LogP contribution in [0.1, 0.15) is 35.9 Å². The Hall–Kier alpha value is -0.590. The highest BCUT2D eigenvalue weighted by molar-refractivity contribution is 7.99. The Morgan fingerprint density at radius 1 is 1.44 bits per heavy atom. The van der Waals surface area contributed by atoms with Crippen LogP contribution in [0.25, 0.3) is 0 Å². The van der Waals surface area contributed by atoms with Gasteiger partial charge in [0.25, 0.3) is 5.89 Å². The highest BCUT2D eigenvalue weighted by Crippen LogP contribution is 2.38. The molecule has 2 atom stereocenters. The van der Waals surface area contributed by atoms with Crippen molar-refractivity contribution in [2.45, 2.75) is 24.2 Å². The van der Waals surface area contributed by atoms with Crippen LogP contribution >= 0.6 is 11.8 Å². The first kappa shape index (κ1) is 10.6. The van der Waals surface area contributed by atoms with E-state index >= 15 is 0 Å². The van der Waals surface area contributed by atoms with Crippen LogP contribution in [0.4, 0.5) is 0 Å². The topological polar surface area (TPSA) is 60.2 Å². The molecule has 2 fully saturated rings. The summed E-state index contributed by atoms with van der Waals surface area (Å²) in [5.74, 6) is 2.66. The minimum Gasteiger partial charge on any atom is -0.366 e. The quantitative estimate of drug-likeness (QED) is 0.842. The first-order chi connectivity index (χ1) is 7.93. The molecule has 2 aliphatic heterocycles. The zero-order valence-electron chi connectivity index (χ0n) is 9.02. The predicted molar refractivity (Wildman–Crippen MR) is 60.3 cm³/mol. The van der Waals surface area contributed by atoms with Crippen molar-refractivity contribution in [3.63, 3.8) is 0 Å². The van der Waals surface area contributed by atoms with Crippen LogP contribution in [0.5, 0.6) is 0 Å². The lowest BCUT2D eigenvalue weighted by molar-refractivity contribution is 0.00755. The van der Waals surface area contributed by atoms with E-state index < -0.39 is 0 Å². The van der Waals surface area contributed by atoms with Gasteiger partial charge in [-0.05, 0) is 18.6 Å². The maximum Gasteiger partial charge on any atom is 0.257 e. The first-order valence-electron chi connectivity index (χ1n) is 5.71. The smallest absolute Gasteiger partial charge is 0.257 e. The summed E-state index contributed by atoms with van der Waals surface area (Å²) >= 11 is 1.91. The number of aromatic nitrogens is 2. The summed E-state index contributed by atoms with van der Waals surface area (Å²) < 4.78 is 10.9. The summed E-state index contributed by atoms with van der Waals surface area (Å²) in [5, 5.41) is 7.74. The fraction of sp³-hybridized carbons (Fsp3) is 0.800. The fourth-order valence-electron chi connectivity index (χ4n) is 2.01. The number of thioether (sulfide) groups is 1. The summed E-state index contributed by atoms with van der Waals surface area (Å²) in [6.07, 6.45) is 2.34. The second kappa shape index (κ2) is 4.73. The Kier molecular flexibility index (Phi) is 3.12. The zero-order chi connectivity index (χ0) is 10.8. The molecule has 0 amide bonds. The molecule has 0 aromatic carbocycles. The van der Waals surface area contributed by atoms with Crippen molar-refractivity contribution in [3.8, 4) is 0 Å². The maximum absolute atomic E-state index is 5.57. The normalized spacial score (nSPS) is 30.8. The largest absolute Gasteiger partial charge is 0.366 e. The van der Waals surface area contributed by atoms with E-state index in [2.05, 4.69) is 15.5 Å². The molecule has 3 heterocycles. The van der Waals surface area contributed by atoms with Crippen LogP contribution < -0.4 is 5.32 Å². The molecule has 2 aliphatic rings. The molecule has 0 saturated carbocycles. The summed E-state index contributed by atoms with van der Waals surface area (Å²) in [5.41, 5.74) is 0. The van der Waals surface area contributed by atoms with Crippen LogP contribution in [0.2, 0.25) is 0 Å². The third-order valence-electron chi connectivity index (χ3n) is 2.88. The van der Waals surface area contributed by atoms with Crippen molar-refractivity contribution in [2.75, 3.05) is 25.4 Å². The molecule has 0 aliphatic carbocycles. The third-order valence-corrected chi connectivity index (χ3v) is 4.25. The van der Waals surface area contributed by atoms with Gasteiger partial charge in [-0.2, -0.15) is 16.7 Å². The Bertz CT molecular complexity index is 346. The number of rotatable bonds is 2. The van der Waals surface area contributed by atoms with Gasteiger partial charge in [-0.15, -0.1) is 0 Å². The lowest BCUT2D eigenvalue weighted by Gasteiger charge is -2.19. The van der Waals surface area contributed by atoms with Gasteiger partial charge < -0.3 is 14.6 Å². The molecular weight excluding hydrogens is 226 g/mol. The van der Waals surface area contributed by atoms with Gasteiger partial charge in [-0.1, -0.05) is 5.16 Å². The molecule has 2 saturated heterocycles. The molecule has 0 spiro atoms. The van der Waals surface area contributed by atoms with Gasteiger partial charge in [0, 0.05) is 13.1 Å². The minimum atomic E-state index is -0.0681. The Balaban J connectivity index is 1.71. The number of ether oxygens (including phenoxy) is 1. The van der Waals surface area contributed by atoms with Gasteiger partial charge in [0.1, 0.15) is 6.10 Å². The monoisotopic (exact) mass is 241 g/mol. The van der Waals surface area contributed by atoms with Gasteiger partial charge in [0.15, 0.2) is 5.82 Å². The van der Waals surface area contributed by atoms with Crippen LogP contribution in [-0.4, -0.2) is 35.6 Å². The molecule has 1 aromatic rings. The highest BCUT2D eigenvalue weighted by Gasteiger charge is 2.26. The summed E-state index contributed by atoms with van der Waals surface area (Å²) in [6.45, 7) is 2.37. The zero-order valence-corrected chi connectivity index (χ0v) is 9.83. The number of hydrogen-bond donors (Lipinski definition) is 1. The Morgan fingerprint density at radius 3 is 3.19 bits per heavy atom. The van der Waals surface area contributed by atoms with Crippen LogP contribution in [0, 0.1) is 0 Å². The maximum atomic E-state index is 5.57. The van der Waals surface area contributed by atoms with Gasteiger partial charge >= 0.3 is 0 Å². The van der Waals surface area contributed by atoms with Crippen molar-refractivity contribution >= 4 is 11.8 Å². The standard InChI is InChI=1S/C10H15N3O2S/c1-2-8(16-5-1)9-12-10(15-13-9)7-6-11-3-4-14-7/h7-8,11H,1-6H2. The molecule has 1 N–H and O–H groups in total. The lowest BCUT2D eigenvalue weighted by Crippen LogP contribution is -2.33. The van der Waals surface area contributed by atoms with Gasteiger partial charge in [-0.3, -0.25) is 0 Å². The number of nitrogens with one attached hydrogen (secondary N) is 1. The molecule has 1 aromatic heterocycles. The van der Waals surface area contributed by atoms with Gasteiger partial charge in [0.05, 0.1) is 11.9 Å². The lowest BCUT2D eigenvalue weighted by atomic mass is 10.2. The average molecular weight is 241 g/mol. The third kappa shape index (κ3) is 2.09. The Morgan fingerprint density at radius 2 is 2.44 bits per heavy atom. The molecule has 6 heteroatoms. The number of hydrogen-bond acceptors (Lipinski definition) is 6. The summed E-state index contributed by atoms with van der Waals surface area (Å²) in [7, 11) is 0. The van der Waals surface area contributed by atoms with Crippen LogP contribution in [-0.2, 0) is 4.74 Å². The van der Waals surface area contributed by atoms with Gasteiger partial charge in [0.2, 0.25) is 0 Å². The van der Waals surface area contributed by atoms with Crippen molar-refractivity contribution in [2.24, 2.45) is 0 Å². The van der Waals surface area contributed by atoms with E-state index in [1.54, 1.807) is 0 Å². The molecule has 16 heavy (non-hydrogen) atoms. The van der Waals surface area contributed by atoms with E-state index in [0.717, 1.165) is 25.3 Å². The molecule has 3 rings (SSSR count). The van der Waals surface area contributed by atoms with E-state index in [1.165, 1.54) is 12.2 Å². The van der Waals surface area contributed by atoms with Crippen molar-refractivity contribution < 1.29 is 9.26 Å². The summed E-state index contributed by atoms with van der Waals surface area (Å²) in [4.78, 5) is 4.45. The second-order valence-electron chi connectivity index (χ2n) is 4.06. The van der Waals surface area contributed by atoms with E-state index in [4.69, 9.17) is 9.26 Å². The number of nitrogens with zero attached hydrogens (tertiary/aromatic N) is 2. The predicted octanol–water partition coefficient (Wildman–Crippen LogP) is 1.30.